The lowest BCUT2D eigenvalue weighted by molar-refractivity contribution is 0.420. The number of nitrogens with one attached hydrogen (secondary N) is 1. The molecule has 0 radical (unpaired) electrons. The van der Waals surface area contributed by atoms with E-state index in [9.17, 15) is 18.6 Å². The van der Waals surface area contributed by atoms with Crippen molar-refractivity contribution in [3.63, 3.8) is 0 Å². The molecule has 5 nitrogen and oxygen atoms in total. The lowest BCUT2D eigenvalue weighted by Crippen LogP contribution is -2.14. The van der Waals surface area contributed by atoms with Crippen LogP contribution in [-0.4, -0.2) is 24.4 Å². The van der Waals surface area contributed by atoms with Gasteiger partial charge in [0.15, 0.2) is 0 Å². The number of hydrogen-bond donors (Lipinski definition) is 3. The van der Waals surface area contributed by atoms with Crippen LogP contribution in [0.4, 0.5) is 5.69 Å². The molecule has 0 unspecified atom stereocenters. The number of sulfonamides is 1. The first-order valence-corrected chi connectivity index (χ1v) is 12.7. The number of aliphatic hydroxyl groups is 1. The predicted molar refractivity (Wildman–Crippen MR) is 127 cm³/mol. The van der Waals surface area contributed by atoms with Crippen LogP contribution < -0.4 is 4.72 Å². The molecule has 31 heavy (non-hydrogen) atoms. The highest BCUT2D eigenvalue weighted by Gasteiger charge is 2.22. The number of hydrogen-bond acceptors (Lipinski definition) is 5. The predicted octanol–water partition coefficient (Wildman–Crippen LogP) is 6.17. The molecule has 0 saturated heterocycles. The fourth-order valence-corrected chi connectivity index (χ4v) is 5.98. The molecule has 3 aromatic carbocycles. The van der Waals surface area contributed by atoms with Gasteiger partial charge in [0.25, 0.3) is 10.0 Å². The minimum Gasteiger partial charge on any atom is -0.512 e. The van der Waals surface area contributed by atoms with Gasteiger partial charge >= 0.3 is 0 Å². The van der Waals surface area contributed by atoms with Crippen molar-refractivity contribution in [3.05, 3.63) is 72.5 Å². The maximum atomic E-state index is 13.2. The first-order valence-electron chi connectivity index (χ1n) is 10.2. The van der Waals surface area contributed by atoms with Gasteiger partial charge in [-0.1, -0.05) is 55.8 Å². The van der Waals surface area contributed by atoms with E-state index in [1.807, 2.05) is 6.07 Å². The first-order chi connectivity index (χ1) is 14.8. The van der Waals surface area contributed by atoms with Gasteiger partial charge in [0.2, 0.25) is 0 Å². The highest BCUT2D eigenvalue weighted by molar-refractivity contribution is 7.99. The van der Waals surface area contributed by atoms with Crippen molar-refractivity contribution in [1.82, 2.24) is 0 Å². The summed E-state index contributed by atoms with van der Waals surface area (Å²) >= 11 is 1.19. The Hall–Kier alpha value is -2.64. The number of anilines is 1. The van der Waals surface area contributed by atoms with E-state index in [1.165, 1.54) is 24.6 Å². The summed E-state index contributed by atoms with van der Waals surface area (Å²) in [6.07, 6.45) is 4.55. The Kier molecular flexibility index (Phi) is 6.16. The van der Waals surface area contributed by atoms with Gasteiger partial charge in [0.05, 0.1) is 27.0 Å². The van der Waals surface area contributed by atoms with Crippen molar-refractivity contribution in [2.75, 3.05) is 10.5 Å². The molecule has 1 saturated carbocycles. The molecule has 0 atom stereocenters. The number of fused-ring (bicyclic) bond motifs is 1. The lowest BCUT2D eigenvalue weighted by Gasteiger charge is -2.16. The van der Waals surface area contributed by atoms with Gasteiger partial charge in [-0.3, -0.25) is 4.72 Å². The molecule has 3 aromatic rings. The normalized spacial score (nSPS) is 14.7. The summed E-state index contributed by atoms with van der Waals surface area (Å²) in [7, 11) is -3.83. The number of aliphatic hydroxyl groups excluding tert-OH is 1. The van der Waals surface area contributed by atoms with Gasteiger partial charge in [0, 0.05) is 10.8 Å². The molecule has 162 valence electrons. The van der Waals surface area contributed by atoms with E-state index in [4.69, 9.17) is 0 Å². The number of benzene rings is 3. The van der Waals surface area contributed by atoms with Crippen LogP contribution in [0, 0.1) is 0 Å². The van der Waals surface area contributed by atoms with Crippen molar-refractivity contribution in [3.8, 4) is 5.75 Å². The van der Waals surface area contributed by atoms with E-state index in [-0.39, 0.29) is 22.2 Å². The van der Waals surface area contributed by atoms with E-state index in [0.29, 0.717) is 27.3 Å². The van der Waals surface area contributed by atoms with Crippen molar-refractivity contribution in [2.45, 2.75) is 41.4 Å². The van der Waals surface area contributed by atoms with Crippen LogP contribution in [-0.2, 0) is 10.0 Å². The summed E-state index contributed by atoms with van der Waals surface area (Å²) in [5.41, 5.74) is 1.44. The van der Waals surface area contributed by atoms with Crippen LogP contribution in [0.5, 0.6) is 5.75 Å². The summed E-state index contributed by atoms with van der Waals surface area (Å²) in [5, 5.41) is 21.2. The summed E-state index contributed by atoms with van der Waals surface area (Å²) in [6.45, 7) is 3.47. The van der Waals surface area contributed by atoms with Crippen LogP contribution in [0.3, 0.4) is 0 Å². The Morgan fingerprint density at radius 2 is 1.77 bits per heavy atom. The standard InChI is InChI=1S/C24H25NO4S2/c1-16(26)15-30-23-14-22(20-11-4-5-12-21(20)24(23)27)25-31(28,29)19-10-6-9-18(13-19)17-7-2-3-8-17/h4-6,9-14,17,25-27H,1-3,7-8,15H2. The van der Waals surface area contributed by atoms with Crippen LogP contribution in [0.1, 0.15) is 37.2 Å². The molecule has 0 heterocycles. The van der Waals surface area contributed by atoms with Gasteiger partial charge < -0.3 is 10.2 Å². The second-order valence-corrected chi connectivity index (χ2v) is 10.5. The van der Waals surface area contributed by atoms with Crippen molar-refractivity contribution in [2.24, 2.45) is 0 Å². The third-order valence-electron chi connectivity index (χ3n) is 5.61. The molecule has 1 aliphatic rings. The zero-order valence-corrected chi connectivity index (χ0v) is 18.7. The van der Waals surface area contributed by atoms with E-state index in [0.717, 1.165) is 18.4 Å². The minimum atomic E-state index is -3.83. The maximum Gasteiger partial charge on any atom is 0.261 e. The Balaban J connectivity index is 1.72. The smallest absolute Gasteiger partial charge is 0.261 e. The molecule has 0 aliphatic heterocycles. The van der Waals surface area contributed by atoms with Gasteiger partial charge in [-0.05, 0) is 42.5 Å². The van der Waals surface area contributed by atoms with E-state index < -0.39 is 10.0 Å². The van der Waals surface area contributed by atoms with Crippen LogP contribution >= 0.6 is 11.8 Å². The lowest BCUT2D eigenvalue weighted by atomic mass is 9.98. The number of aromatic hydroxyl groups is 1. The minimum absolute atomic E-state index is 0.0246. The molecule has 0 amide bonds. The topological polar surface area (TPSA) is 86.6 Å². The molecular formula is C24H25NO4S2. The quantitative estimate of drug-likeness (QED) is 0.225. The molecule has 4 rings (SSSR count). The number of thioether (sulfide) groups is 1. The van der Waals surface area contributed by atoms with Gasteiger partial charge in [-0.25, -0.2) is 8.42 Å². The maximum absolute atomic E-state index is 13.2. The Bertz CT molecular complexity index is 1230. The fraction of sp³-hybridized carbons (Fsp3) is 0.250. The van der Waals surface area contributed by atoms with Gasteiger partial charge in [0.1, 0.15) is 5.75 Å². The molecular weight excluding hydrogens is 430 g/mol. The fourth-order valence-electron chi connectivity index (χ4n) is 4.09. The zero-order chi connectivity index (χ0) is 22.0. The van der Waals surface area contributed by atoms with Crippen LogP contribution in [0.15, 0.2) is 76.7 Å². The molecule has 3 N–H and O–H groups in total. The molecule has 0 bridgehead atoms. The van der Waals surface area contributed by atoms with Crippen LogP contribution in [0.2, 0.25) is 0 Å². The Labute approximate surface area is 186 Å². The number of phenols is 1. The van der Waals surface area contributed by atoms with E-state index >= 15 is 0 Å². The number of rotatable bonds is 7. The molecule has 0 aromatic heterocycles. The van der Waals surface area contributed by atoms with Gasteiger partial charge in [-0.15, -0.1) is 11.8 Å². The SMILES string of the molecule is C=C(O)CSc1cc(NS(=O)(=O)c2cccc(C3CCCC3)c2)c2ccccc2c1O. The van der Waals surface area contributed by atoms with Crippen molar-refractivity contribution in [1.29, 1.82) is 0 Å². The highest BCUT2D eigenvalue weighted by Crippen LogP contribution is 2.41. The summed E-state index contributed by atoms with van der Waals surface area (Å²) in [5.74, 6) is 0.636. The first kappa shape index (κ1) is 21.6. The second-order valence-electron chi connectivity index (χ2n) is 7.83. The largest absolute Gasteiger partial charge is 0.512 e. The summed E-state index contributed by atoms with van der Waals surface area (Å²) in [6, 6.07) is 15.9. The molecule has 0 spiro atoms. The van der Waals surface area contributed by atoms with Crippen molar-refractivity contribution >= 4 is 38.2 Å². The van der Waals surface area contributed by atoms with Crippen LogP contribution in [0.25, 0.3) is 10.8 Å². The third-order valence-corrected chi connectivity index (χ3v) is 8.08. The Morgan fingerprint density at radius 3 is 2.48 bits per heavy atom. The highest BCUT2D eigenvalue weighted by atomic mass is 32.2. The summed E-state index contributed by atoms with van der Waals surface area (Å²) < 4.78 is 29.2. The van der Waals surface area contributed by atoms with Crippen molar-refractivity contribution < 1.29 is 18.6 Å². The Morgan fingerprint density at radius 1 is 1.06 bits per heavy atom. The van der Waals surface area contributed by atoms with E-state index in [1.54, 1.807) is 48.5 Å². The average Bonchev–Trinajstić information content (AvgIpc) is 3.30. The average molecular weight is 456 g/mol. The molecule has 7 heteroatoms. The zero-order valence-electron chi connectivity index (χ0n) is 17.0. The molecule has 1 aliphatic carbocycles. The second kappa shape index (κ2) is 8.85. The third kappa shape index (κ3) is 4.67. The van der Waals surface area contributed by atoms with Gasteiger partial charge in [-0.2, -0.15) is 0 Å². The van der Waals surface area contributed by atoms with E-state index in [2.05, 4.69) is 11.3 Å². The number of phenolic OH excluding ortho intramolecular Hbond substituents is 1. The monoisotopic (exact) mass is 455 g/mol. The molecule has 1 fully saturated rings. The summed E-state index contributed by atoms with van der Waals surface area (Å²) in [4.78, 5) is 0.693.